The number of nitrogens with one attached hydrogen (secondary N) is 1. The molecule has 1 atom stereocenters. The second kappa shape index (κ2) is 5.54. The number of halogens is 1. The largest absolute Gasteiger partial charge is 0.399 e. The van der Waals surface area contributed by atoms with Crippen LogP contribution in [-0.2, 0) is 14.8 Å². The summed E-state index contributed by atoms with van der Waals surface area (Å²) in [7, 11) is -4.18. The van der Waals surface area contributed by atoms with Crippen molar-refractivity contribution in [3.05, 3.63) is 24.0 Å². The zero-order valence-corrected chi connectivity index (χ0v) is 11.4. The van der Waals surface area contributed by atoms with Crippen LogP contribution in [0.3, 0.4) is 0 Å². The minimum atomic E-state index is -4.18. The van der Waals surface area contributed by atoms with Crippen molar-refractivity contribution in [2.75, 3.05) is 5.73 Å². The molecule has 1 aromatic rings. The van der Waals surface area contributed by atoms with Gasteiger partial charge in [-0.05, 0) is 24.1 Å². The lowest BCUT2D eigenvalue weighted by Gasteiger charge is -2.19. The number of amides is 1. The number of nitrogens with two attached hydrogens (primary N) is 2. The third kappa shape index (κ3) is 3.65. The monoisotopic (exact) mass is 289 g/mol. The summed E-state index contributed by atoms with van der Waals surface area (Å²) in [5.41, 5.74) is 10.5. The number of sulfonamides is 1. The lowest BCUT2D eigenvalue weighted by Crippen LogP contribution is -2.47. The smallest absolute Gasteiger partial charge is 0.244 e. The number of nitrogen functional groups attached to an aromatic ring is 1. The highest BCUT2D eigenvalue weighted by molar-refractivity contribution is 7.89. The summed E-state index contributed by atoms with van der Waals surface area (Å²) in [6.45, 7) is 3.24. The highest BCUT2D eigenvalue weighted by atomic mass is 32.2. The van der Waals surface area contributed by atoms with E-state index >= 15 is 0 Å². The Morgan fingerprint density at radius 3 is 2.37 bits per heavy atom. The van der Waals surface area contributed by atoms with Gasteiger partial charge >= 0.3 is 0 Å². The molecule has 1 rings (SSSR count). The SMILES string of the molecule is CC(C)C(NS(=O)(=O)c1ccc(N)cc1F)C(N)=O. The molecule has 106 valence electrons. The van der Waals surface area contributed by atoms with Crippen molar-refractivity contribution >= 4 is 21.6 Å². The Hall–Kier alpha value is -1.67. The first-order valence-corrected chi connectivity index (χ1v) is 7.00. The van der Waals surface area contributed by atoms with Crippen molar-refractivity contribution in [1.82, 2.24) is 4.72 Å². The molecule has 0 aliphatic carbocycles. The van der Waals surface area contributed by atoms with Gasteiger partial charge in [0.05, 0.1) is 0 Å². The topological polar surface area (TPSA) is 115 Å². The van der Waals surface area contributed by atoms with Crippen LogP contribution in [-0.4, -0.2) is 20.4 Å². The number of primary amides is 1. The Kier molecular flexibility index (Phi) is 4.48. The van der Waals surface area contributed by atoms with Crippen molar-refractivity contribution in [2.45, 2.75) is 24.8 Å². The fourth-order valence-corrected chi connectivity index (χ4v) is 2.90. The Bertz CT molecular complexity index is 587. The van der Waals surface area contributed by atoms with E-state index in [0.717, 1.165) is 12.1 Å². The summed E-state index contributed by atoms with van der Waals surface area (Å²) in [6.07, 6.45) is 0. The van der Waals surface area contributed by atoms with Gasteiger partial charge in [0.25, 0.3) is 0 Å². The molecule has 0 aromatic heterocycles. The van der Waals surface area contributed by atoms with Gasteiger partial charge in [-0.15, -0.1) is 0 Å². The van der Waals surface area contributed by atoms with Gasteiger partial charge in [-0.3, -0.25) is 4.79 Å². The molecular weight excluding hydrogens is 273 g/mol. The number of carbonyl (C=O) groups excluding carboxylic acids is 1. The molecule has 0 heterocycles. The normalized spacial score (nSPS) is 13.5. The predicted molar refractivity (Wildman–Crippen MR) is 69.0 cm³/mol. The molecule has 1 amide bonds. The van der Waals surface area contributed by atoms with Gasteiger partial charge in [0.2, 0.25) is 15.9 Å². The van der Waals surface area contributed by atoms with Crippen LogP contribution < -0.4 is 16.2 Å². The van der Waals surface area contributed by atoms with Gasteiger partial charge < -0.3 is 11.5 Å². The Balaban J connectivity index is 3.14. The molecule has 1 unspecified atom stereocenters. The molecule has 0 saturated heterocycles. The van der Waals surface area contributed by atoms with E-state index in [1.807, 2.05) is 0 Å². The van der Waals surface area contributed by atoms with Gasteiger partial charge in [0.1, 0.15) is 16.8 Å². The number of carbonyl (C=O) groups is 1. The van der Waals surface area contributed by atoms with E-state index in [4.69, 9.17) is 11.5 Å². The van der Waals surface area contributed by atoms with E-state index in [-0.39, 0.29) is 11.6 Å². The van der Waals surface area contributed by atoms with Gasteiger partial charge in [0.15, 0.2) is 0 Å². The minimum absolute atomic E-state index is 0.103. The van der Waals surface area contributed by atoms with Crippen LogP contribution in [0.1, 0.15) is 13.8 Å². The fraction of sp³-hybridized carbons (Fsp3) is 0.364. The minimum Gasteiger partial charge on any atom is -0.399 e. The lowest BCUT2D eigenvalue weighted by atomic mass is 10.1. The molecule has 19 heavy (non-hydrogen) atoms. The number of hydrogen-bond donors (Lipinski definition) is 3. The van der Waals surface area contributed by atoms with E-state index in [1.54, 1.807) is 13.8 Å². The summed E-state index contributed by atoms with van der Waals surface area (Å²) >= 11 is 0. The van der Waals surface area contributed by atoms with Gasteiger partial charge in [-0.1, -0.05) is 13.8 Å². The first-order chi connectivity index (χ1) is 8.65. The third-order valence-corrected chi connectivity index (χ3v) is 3.98. The maximum Gasteiger partial charge on any atom is 0.244 e. The highest BCUT2D eigenvalue weighted by Gasteiger charge is 2.28. The fourth-order valence-electron chi connectivity index (χ4n) is 1.49. The van der Waals surface area contributed by atoms with Gasteiger partial charge in [-0.25, -0.2) is 12.8 Å². The van der Waals surface area contributed by atoms with Crippen LogP contribution >= 0.6 is 0 Å². The summed E-state index contributed by atoms with van der Waals surface area (Å²) in [5, 5.41) is 0. The molecule has 0 fully saturated rings. The Morgan fingerprint density at radius 2 is 1.95 bits per heavy atom. The molecule has 0 aliphatic heterocycles. The van der Waals surface area contributed by atoms with Gasteiger partial charge in [-0.2, -0.15) is 4.72 Å². The number of anilines is 1. The molecule has 6 nitrogen and oxygen atoms in total. The lowest BCUT2D eigenvalue weighted by molar-refractivity contribution is -0.120. The van der Waals surface area contributed by atoms with E-state index in [1.165, 1.54) is 6.07 Å². The quantitative estimate of drug-likeness (QED) is 0.671. The number of benzene rings is 1. The van der Waals surface area contributed by atoms with Crippen molar-refractivity contribution in [1.29, 1.82) is 0 Å². The first-order valence-electron chi connectivity index (χ1n) is 5.52. The van der Waals surface area contributed by atoms with Crippen molar-refractivity contribution in [3.8, 4) is 0 Å². The van der Waals surface area contributed by atoms with Gasteiger partial charge in [0, 0.05) is 5.69 Å². The van der Waals surface area contributed by atoms with Crippen molar-refractivity contribution in [2.24, 2.45) is 11.7 Å². The van der Waals surface area contributed by atoms with E-state index in [9.17, 15) is 17.6 Å². The van der Waals surface area contributed by atoms with Crippen LogP contribution in [0.15, 0.2) is 23.1 Å². The second-order valence-electron chi connectivity index (χ2n) is 4.44. The summed E-state index contributed by atoms with van der Waals surface area (Å²) in [6, 6.07) is 2.07. The molecule has 8 heteroatoms. The molecule has 0 radical (unpaired) electrons. The molecule has 1 aromatic carbocycles. The second-order valence-corrected chi connectivity index (χ2v) is 6.12. The predicted octanol–water partition coefficient (Wildman–Crippen LogP) is 0.196. The molecule has 0 spiro atoms. The maximum atomic E-state index is 13.6. The van der Waals surface area contributed by atoms with Crippen LogP contribution in [0.2, 0.25) is 0 Å². The molecule has 0 bridgehead atoms. The average molecular weight is 289 g/mol. The van der Waals surface area contributed by atoms with Crippen LogP contribution in [0, 0.1) is 11.7 Å². The maximum absolute atomic E-state index is 13.6. The van der Waals surface area contributed by atoms with Crippen molar-refractivity contribution < 1.29 is 17.6 Å². The average Bonchev–Trinajstić information content (AvgIpc) is 2.24. The van der Waals surface area contributed by atoms with Crippen LogP contribution in [0.5, 0.6) is 0 Å². The highest BCUT2D eigenvalue weighted by Crippen LogP contribution is 2.18. The summed E-state index contributed by atoms with van der Waals surface area (Å²) < 4.78 is 39.6. The first kappa shape index (κ1) is 15.4. The van der Waals surface area contributed by atoms with Crippen LogP contribution in [0.4, 0.5) is 10.1 Å². The third-order valence-electron chi connectivity index (χ3n) is 2.50. The van der Waals surface area contributed by atoms with E-state index in [2.05, 4.69) is 4.72 Å². The van der Waals surface area contributed by atoms with E-state index < -0.39 is 32.7 Å². The summed E-state index contributed by atoms with van der Waals surface area (Å²) in [4.78, 5) is 10.6. The Labute approximate surface area is 111 Å². The zero-order chi connectivity index (χ0) is 14.8. The number of rotatable bonds is 5. The van der Waals surface area contributed by atoms with E-state index in [0.29, 0.717) is 0 Å². The molecule has 0 saturated carbocycles. The number of hydrogen-bond acceptors (Lipinski definition) is 4. The standard InChI is InChI=1S/C11H16FN3O3S/c1-6(2)10(11(14)16)15-19(17,18)9-4-3-7(13)5-8(9)12/h3-6,10,15H,13H2,1-2H3,(H2,14,16). The molecule has 5 N–H and O–H groups in total. The molecular formula is C11H16FN3O3S. The summed E-state index contributed by atoms with van der Waals surface area (Å²) in [5.74, 6) is -2.17. The Morgan fingerprint density at radius 1 is 1.37 bits per heavy atom. The van der Waals surface area contributed by atoms with Crippen LogP contribution in [0.25, 0.3) is 0 Å². The molecule has 0 aliphatic rings. The zero-order valence-electron chi connectivity index (χ0n) is 10.6. The van der Waals surface area contributed by atoms with Crippen molar-refractivity contribution in [3.63, 3.8) is 0 Å².